The van der Waals surface area contributed by atoms with Crippen LogP contribution in [0.1, 0.15) is 37.8 Å². The van der Waals surface area contributed by atoms with E-state index in [9.17, 15) is 9.90 Å². The van der Waals surface area contributed by atoms with Gasteiger partial charge in [0.2, 0.25) is 11.9 Å². The van der Waals surface area contributed by atoms with E-state index in [0.29, 0.717) is 47.1 Å². The number of hydrogen-bond donors (Lipinski definition) is 4. The fraction of sp³-hybridized carbons (Fsp3) is 0.522. The lowest BCUT2D eigenvalue weighted by Crippen LogP contribution is -2.56. The van der Waals surface area contributed by atoms with Gasteiger partial charge >= 0.3 is 0 Å². The van der Waals surface area contributed by atoms with Gasteiger partial charge in [-0.25, -0.2) is 4.98 Å². The quantitative estimate of drug-likeness (QED) is 0.451. The van der Waals surface area contributed by atoms with E-state index in [2.05, 4.69) is 25.9 Å². The molecule has 4 N–H and O–H groups in total. The lowest BCUT2D eigenvalue weighted by molar-refractivity contribution is -0.124. The number of nitrogens with zero attached hydrogens (tertiary/aromatic N) is 3. The van der Waals surface area contributed by atoms with Crippen molar-refractivity contribution in [2.45, 2.75) is 50.4 Å². The first-order valence-corrected chi connectivity index (χ1v) is 12.2. The molecule has 0 aliphatic carbocycles. The van der Waals surface area contributed by atoms with Crippen molar-refractivity contribution in [3.8, 4) is 5.75 Å². The van der Waals surface area contributed by atoms with Crippen molar-refractivity contribution < 1.29 is 14.6 Å². The first-order chi connectivity index (χ1) is 16.4. The van der Waals surface area contributed by atoms with Crippen LogP contribution < -0.4 is 25.6 Å². The van der Waals surface area contributed by atoms with Crippen molar-refractivity contribution in [1.29, 1.82) is 0 Å². The smallest absolute Gasteiger partial charge is 0.237 e. The molecule has 2 saturated heterocycles. The largest absolute Gasteiger partial charge is 0.491 e. The Kier molecular flexibility index (Phi) is 7.98. The molecular weight excluding hydrogens is 479 g/mol. The summed E-state index contributed by atoms with van der Waals surface area (Å²) in [5.41, 5.74) is 0.872. The Labute approximate surface area is 209 Å². The summed E-state index contributed by atoms with van der Waals surface area (Å²) in [5, 5.41) is 21.4. The molecule has 34 heavy (non-hydrogen) atoms. The van der Waals surface area contributed by atoms with E-state index >= 15 is 0 Å². The van der Waals surface area contributed by atoms with Gasteiger partial charge in [0.15, 0.2) is 11.6 Å². The van der Waals surface area contributed by atoms with Gasteiger partial charge in [0, 0.05) is 23.1 Å². The van der Waals surface area contributed by atoms with Gasteiger partial charge in [0.25, 0.3) is 0 Å². The zero-order valence-corrected chi connectivity index (χ0v) is 20.7. The normalized spacial score (nSPS) is 23.4. The lowest BCUT2D eigenvalue weighted by atomic mass is 10.0. The van der Waals surface area contributed by atoms with Crippen LogP contribution in [-0.2, 0) is 4.79 Å². The first kappa shape index (κ1) is 24.8. The molecule has 1 aromatic carbocycles. The standard InChI is InChI=1S/C23H30Cl2N6O3/c1-13(15-6-5-14(24)10-16(15)25)28-21-20(34-2)11-27-23(30-21)31-9-7-17(19(32)12-31)29-22(33)18-4-3-8-26-18/h5-6,10-11,13,17-19,26,32H,3-4,7-9,12H2,1-2H3,(H,29,33)(H,27,28,30)/t13?,17-,18+,19-/m0/s1. The summed E-state index contributed by atoms with van der Waals surface area (Å²) < 4.78 is 5.44. The molecule has 4 rings (SSSR count). The summed E-state index contributed by atoms with van der Waals surface area (Å²) in [4.78, 5) is 23.4. The number of piperidine rings is 1. The van der Waals surface area contributed by atoms with Crippen LogP contribution in [0.4, 0.5) is 11.8 Å². The van der Waals surface area contributed by atoms with Gasteiger partial charge in [-0.3, -0.25) is 4.79 Å². The lowest BCUT2D eigenvalue weighted by Gasteiger charge is -2.36. The minimum atomic E-state index is -0.729. The van der Waals surface area contributed by atoms with Crippen LogP contribution in [0.5, 0.6) is 5.75 Å². The number of amides is 1. The number of ether oxygens (including phenoxy) is 1. The number of aliphatic hydroxyl groups is 1. The molecule has 2 aliphatic heterocycles. The van der Waals surface area contributed by atoms with Gasteiger partial charge in [-0.15, -0.1) is 0 Å². The fourth-order valence-electron chi connectivity index (χ4n) is 4.38. The third-order valence-corrected chi connectivity index (χ3v) is 6.88. The summed E-state index contributed by atoms with van der Waals surface area (Å²) >= 11 is 12.4. The average Bonchev–Trinajstić information content (AvgIpc) is 3.35. The van der Waals surface area contributed by atoms with Crippen molar-refractivity contribution in [1.82, 2.24) is 20.6 Å². The number of anilines is 2. The number of carbonyl (C=O) groups is 1. The second kappa shape index (κ2) is 10.9. The molecule has 1 amide bonds. The summed E-state index contributed by atoms with van der Waals surface area (Å²) in [6.45, 7) is 3.73. The van der Waals surface area contributed by atoms with Gasteiger partial charge in [-0.1, -0.05) is 29.3 Å². The Bertz CT molecular complexity index is 1020. The maximum Gasteiger partial charge on any atom is 0.237 e. The van der Waals surface area contributed by atoms with Crippen LogP contribution in [-0.4, -0.2) is 65.9 Å². The zero-order chi connectivity index (χ0) is 24.2. The second-order valence-electron chi connectivity index (χ2n) is 8.68. The van der Waals surface area contributed by atoms with Crippen molar-refractivity contribution in [3.63, 3.8) is 0 Å². The number of aliphatic hydroxyl groups excluding tert-OH is 1. The Morgan fingerprint density at radius 3 is 2.85 bits per heavy atom. The molecular formula is C23H30Cl2N6O3. The Hall–Kier alpha value is -2.33. The highest BCUT2D eigenvalue weighted by Crippen LogP contribution is 2.32. The predicted molar refractivity (Wildman–Crippen MR) is 133 cm³/mol. The predicted octanol–water partition coefficient (Wildman–Crippen LogP) is 2.77. The second-order valence-corrected chi connectivity index (χ2v) is 9.53. The summed E-state index contributed by atoms with van der Waals surface area (Å²) in [5.74, 6) is 1.44. The average molecular weight is 509 g/mol. The van der Waals surface area contributed by atoms with Gasteiger partial charge < -0.3 is 30.7 Å². The molecule has 9 nitrogen and oxygen atoms in total. The van der Waals surface area contributed by atoms with Crippen molar-refractivity contribution in [2.24, 2.45) is 0 Å². The molecule has 2 aliphatic rings. The highest BCUT2D eigenvalue weighted by Gasteiger charge is 2.32. The maximum atomic E-state index is 12.4. The Morgan fingerprint density at radius 1 is 1.35 bits per heavy atom. The van der Waals surface area contributed by atoms with E-state index in [1.807, 2.05) is 17.9 Å². The number of halogens is 2. The topological polar surface area (TPSA) is 112 Å². The summed E-state index contributed by atoms with van der Waals surface area (Å²) in [6, 6.07) is 4.72. The van der Waals surface area contributed by atoms with Crippen LogP contribution in [0.3, 0.4) is 0 Å². The number of rotatable bonds is 7. The SMILES string of the molecule is COc1cnc(N2CC[C@H](NC(=O)[C@H]3CCCN3)[C@@H](O)C2)nc1NC(C)c1ccc(Cl)cc1Cl. The molecule has 0 saturated carbocycles. The third-order valence-electron chi connectivity index (χ3n) is 6.31. The maximum absolute atomic E-state index is 12.4. The molecule has 184 valence electrons. The van der Waals surface area contributed by atoms with E-state index in [-0.39, 0.29) is 24.0 Å². The van der Waals surface area contributed by atoms with E-state index in [0.717, 1.165) is 24.9 Å². The van der Waals surface area contributed by atoms with E-state index in [4.69, 9.17) is 27.9 Å². The van der Waals surface area contributed by atoms with E-state index in [1.54, 1.807) is 25.4 Å². The fourth-order valence-corrected chi connectivity index (χ4v) is 4.95. The molecule has 0 radical (unpaired) electrons. The molecule has 3 heterocycles. The number of hydrogen-bond acceptors (Lipinski definition) is 8. The third kappa shape index (κ3) is 5.66. The van der Waals surface area contributed by atoms with Crippen LogP contribution in [0.25, 0.3) is 0 Å². The molecule has 1 aromatic heterocycles. The summed E-state index contributed by atoms with van der Waals surface area (Å²) in [7, 11) is 1.56. The molecule has 0 bridgehead atoms. The molecule has 2 aromatic rings. The van der Waals surface area contributed by atoms with E-state index in [1.165, 1.54) is 0 Å². The highest BCUT2D eigenvalue weighted by atomic mass is 35.5. The Morgan fingerprint density at radius 2 is 2.18 bits per heavy atom. The Balaban J connectivity index is 1.43. The van der Waals surface area contributed by atoms with Crippen LogP contribution >= 0.6 is 23.2 Å². The minimum Gasteiger partial charge on any atom is -0.491 e. The molecule has 11 heteroatoms. The molecule has 4 atom stereocenters. The highest BCUT2D eigenvalue weighted by molar-refractivity contribution is 6.35. The van der Waals surface area contributed by atoms with Gasteiger partial charge in [-0.05, 0) is 50.4 Å². The summed E-state index contributed by atoms with van der Waals surface area (Å²) in [6.07, 6.45) is 3.29. The van der Waals surface area contributed by atoms with E-state index < -0.39 is 6.10 Å². The number of nitrogens with one attached hydrogen (secondary N) is 3. The number of benzene rings is 1. The van der Waals surface area contributed by atoms with Crippen molar-refractivity contribution in [2.75, 3.05) is 37.0 Å². The minimum absolute atomic E-state index is 0.0444. The molecule has 1 unspecified atom stereocenters. The zero-order valence-electron chi connectivity index (χ0n) is 19.2. The molecule has 0 spiro atoms. The van der Waals surface area contributed by atoms with Crippen LogP contribution in [0.15, 0.2) is 24.4 Å². The monoisotopic (exact) mass is 508 g/mol. The van der Waals surface area contributed by atoms with Crippen LogP contribution in [0, 0.1) is 0 Å². The van der Waals surface area contributed by atoms with Crippen LogP contribution in [0.2, 0.25) is 10.0 Å². The van der Waals surface area contributed by atoms with Gasteiger partial charge in [-0.2, -0.15) is 4.98 Å². The van der Waals surface area contributed by atoms with Crippen molar-refractivity contribution in [3.05, 3.63) is 40.0 Å². The van der Waals surface area contributed by atoms with Crippen molar-refractivity contribution >= 4 is 40.9 Å². The van der Waals surface area contributed by atoms with Gasteiger partial charge in [0.1, 0.15) is 0 Å². The number of aromatic nitrogens is 2. The number of methoxy groups -OCH3 is 1. The molecule has 2 fully saturated rings. The first-order valence-electron chi connectivity index (χ1n) is 11.4. The number of carbonyl (C=O) groups excluding carboxylic acids is 1. The number of β-amino-alcohol motifs (C(OH)–C–C–N with tert-alkyl or cyclic N) is 1. The van der Waals surface area contributed by atoms with Gasteiger partial charge in [0.05, 0.1) is 37.5 Å².